The molecule has 1 heterocycles. The molecular formula is C22H27N5O3S. The van der Waals surface area contributed by atoms with Crippen LogP contribution in [-0.2, 0) is 11.2 Å². The van der Waals surface area contributed by atoms with Crippen molar-refractivity contribution in [1.82, 2.24) is 20.2 Å². The molecule has 164 valence electrons. The molecule has 0 radical (unpaired) electrons. The van der Waals surface area contributed by atoms with Crippen LogP contribution in [0.4, 0.5) is 0 Å². The van der Waals surface area contributed by atoms with Gasteiger partial charge in [0, 0.05) is 12.1 Å². The Morgan fingerprint density at radius 3 is 2.65 bits per heavy atom. The highest BCUT2D eigenvalue weighted by molar-refractivity contribution is 7.99. The first-order chi connectivity index (χ1) is 15.0. The number of carbonyl (C=O) groups is 1. The van der Waals surface area contributed by atoms with Gasteiger partial charge in [0.25, 0.3) is 0 Å². The van der Waals surface area contributed by atoms with Crippen molar-refractivity contribution in [2.24, 2.45) is 0 Å². The van der Waals surface area contributed by atoms with Crippen molar-refractivity contribution < 1.29 is 14.3 Å². The van der Waals surface area contributed by atoms with Gasteiger partial charge in [-0.2, -0.15) is 0 Å². The average Bonchev–Trinajstić information content (AvgIpc) is 3.16. The van der Waals surface area contributed by atoms with E-state index < -0.39 is 0 Å². The number of nitrogens with two attached hydrogens (primary N) is 1. The maximum Gasteiger partial charge on any atom is 0.230 e. The number of methoxy groups -OCH3 is 2. The monoisotopic (exact) mass is 441 g/mol. The van der Waals surface area contributed by atoms with Crippen LogP contribution in [0.2, 0.25) is 0 Å². The van der Waals surface area contributed by atoms with Crippen LogP contribution < -0.4 is 20.6 Å². The van der Waals surface area contributed by atoms with Crippen molar-refractivity contribution >= 4 is 17.7 Å². The average molecular weight is 442 g/mol. The zero-order valence-corrected chi connectivity index (χ0v) is 18.7. The van der Waals surface area contributed by atoms with E-state index in [1.54, 1.807) is 32.4 Å². The largest absolute Gasteiger partial charge is 0.497 e. The summed E-state index contributed by atoms with van der Waals surface area (Å²) in [5.41, 5.74) is 1.94. The predicted octanol–water partition coefficient (Wildman–Crippen LogP) is 2.91. The van der Waals surface area contributed by atoms with Crippen LogP contribution in [0.15, 0.2) is 53.7 Å². The van der Waals surface area contributed by atoms with Crippen molar-refractivity contribution in [3.8, 4) is 22.9 Å². The standard InChI is InChI=1S/C22H27N5O3S/c1-15(9-10-16-7-5-4-6-8-16)24-20(28)14-31-22-26-25-21(27(22)23)18-12-11-17(29-2)13-19(18)30-3/h4-8,11-13,15H,9-10,14,23H2,1-3H3,(H,24,28)/t15-/m0/s1. The van der Waals surface area contributed by atoms with Crippen molar-refractivity contribution in [3.05, 3.63) is 54.1 Å². The lowest BCUT2D eigenvalue weighted by Crippen LogP contribution is -2.34. The highest BCUT2D eigenvalue weighted by atomic mass is 32.2. The molecule has 3 N–H and O–H groups in total. The van der Waals surface area contributed by atoms with Crippen molar-refractivity contribution in [2.45, 2.75) is 31.0 Å². The Bertz CT molecular complexity index is 1010. The number of ether oxygens (including phenoxy) is 2. The fourth-order valence-corrected chi connectivity index (χ4v) is 3.76. The molecule has 3 rings (SSSR count). The molecule has 0 saturated heterocycles. The minimum Gasteiger partial charge on any atom is -0.497 e. The lowest BCUT2D eigenvalue weighted by atomic mass is 10.1. The molecular weight excluding hydrogens is 414 g/mol. The van der Waals surface area contributed by atoms with Gasteiger partial charge >= 0.3 is 0 Å². The first-order valence-electron chi connectivity index (χ1n) is 9.90. The summed E-state index contributed by atoms with van der Waals surface area (Å²) in [6, 6.07) is 15.6. The summed E-state index contributed by atoms with van der Waals surface area (Å²) in [5, 5.41) is 11.7. The number of amides is 1. The van der Waals surface area contributed by atoms with E-state index in [1.165, 1.54) is 22.0 Å². The molecule has 3 aromatic rings. The number of rotatable bonds is 10. The molecule has 2 aromatic carbocycles. The summed E-state index contributed by atoms with van der Waals surface area (Å²) < 4.78 is 12.0. The molecule has 0 unspecified atom stereocenters. The van der Waals surface area contributed by atoms with E-state index in [4.69, 9.17) is 15.3 Å². The van der Waals surface area contributed by atoms with E-state index in [0.29, 0.717) is 28.0 Å². The van der Waals surface area contributed by atoms with Gasteiger partial charge in [-0.1, -0.05) is 42.1 Å². The summed E-state index contributed by atoms with van der Waals surface area (Å²) in [7, 11) is 3.15. The van der Waals surface area contributed by atoms with E-state index in [-0.39, 0.29) is 17.7 Å². The van der Waals surface area contributed by atoms with E-state index in [9.17, 15) is 4.79 Å². The first kappa shape index (κ1) is 22.5. The van der Waals surface area contributed by atoms with Crippen LogP contribution in [0.5, 0.6) is 11.5 Å². The zero-order chi connectivity index (χ0) is 22.2. The molecule has 0 fully saturated rings. The highest BCUT2D eigenvalue weighted by Crippen LogP contribution is 2.32. The van der Waals surface area contributed by atoms with Gasteiger partial charge in [0.15, 0.2) is 5.82 Å². The quantitative estimate of drug-likeness (QED) is 0.368. The van der Waals surface area contributed by atoms with Crippen LogP contribution in [0.25, 0.3) is 11.4 Å². The maximum absolute atomic E-state index is 12.3. The number of nitrogens with zero attached hydrogens (tertiary/aromatic N) is 3. The van der Waals surface area contributed by atoms with Crippen LogP contribution in [-0.4, -0.2) is 46.8 Å². The third kappa shape index (κ3) is 5.91. The summed E-state index contributed by atoms with van der Waals surface area (Å²) in [4.78, 5) is 12.3. The lowest BCUT2D eigenvalue weighted by Gasteiger charge is -2.13. The van der Waals surface area contributed by atoms with Gasteiger partial charge in [0.2, 0.25) is 11.1 Å². The summed E-state index contributed by atoms with van der Waals surface area (Å²) in [6.07, 6.45) is 1.79. The second kappa shape index (κ2) is 10.7. The van der Waals surface area contributed by atoms with Crippen LogP contribution in [0.1, 0.15) is 18.9 Å². The number of carbonyl (C=O) groups excluding carboxylic acids is 1. The van der Waals surface area contributed by atoms with Gasteiger partial charge in [0.1, 0.15) is 11.5 Å². The topological polar surface area (TPSA) is 104 Å². The highest BCUT2D eigenvalue weighted by Gasteiger charge is 2.18. The van der Waals surface area contributed by atoms with Crippen LogP contribution in [0.3, 0.4) is 0 Å². The molecule has 0 bridgehead atoms. The molecule has 0 aliphatic rings. The van der Waals surface area contributed by atoms with E-state index >= 15 is 0 Å². The fraction of sp³-hybridized carbons (Fsp3) is 0.318. The fourth-order valence-electron chi connectivity index (χ4n) is 3.09. The Morgan fingerprint density at radius 2 is 1.94 bits per heavy atom. The minimum atomic E-state index is -0.0721. The third-order valence-corrected chi connectivity index (χ3v) is 5.71. The predicted molar refractivity (Wildman–Crippen MR) is 122 cm³/mol. The molecule has 0 aliphatic heterocycles. The summed E-state index contributed by atoms with van der Waals surface area (Å²) >= 11 is 1.24. The van der Waals surface area contributed by atoms with Crippen molar-refractivity contribution in [1.29, 1.82) is 0 Å². The van der Waals surface area contributed by atoms with E-state index in [2.05, 4.69) is 27.6 Å². The maximum atomic E-state index is 12.3. The Kier molecular flexibility index (Phi) is 7.77. The van der Waals surface area contributed by atoms with Crippen LogP contribution in [0, 0.1) is 0 Å². The Hall–Kier alpha value is -3.20. The molecule has 0 saturated carbocycles. The molecule has 31 heavy (non-hydrogen) atoms. The Labute approximate surface area is 186 Å². The third-order valence-electron chi connectivity index (χ3n) is 4.76. The number of thioether (sulfide) groups is 1. The van der Waals surface area contributed by atoms with Crippen molar-refractivity contribution in [2.75, 3.05) is 25.8 Å². The Morgan fingerprint density at radius 1 is 1.16 bits per heavy atom. The number of benzene rings is 2. The number of nitrogen functional groups attached to an aromatic ring is 1. The van der Waals surface area contributed by atoms with Gasteiger partial charge in [0.05, 0.1) is 25.5 Å². The first-order valence-corrected chi connectivity index (χ1v) is 10.9. The molecule has 1 atom stereocenters. The number of hydrogen-bond acceptors (Lipinski definition) is 7. The lowest BCUT2D eigenvalue weighted by molar-refractivity contribution is -0.119. The summed E-state index contributed by atoms with van der Waals surface area (Å²) in [5.74, 6) is 7.98. The van der Waals surface area contributed by atoms with Gasteiger partial charge in [-0.3, -0.25) is 4.79 Å². The second-order valence-electron chi connectivity index (χ2n) is 7.02. The van der Waals surface area contributed by atoms with Crippen molar-refractivity contribution in [3.63, 3.8) is 0 Å². The van der Waals surface area contributed by atoms with Gasteiger partial charge in [-0.15, -0.1) is 10.2 Å². The van der Waals surface area contributed by atoms with Crippen LogP contribution >= 0.6 is 11.8 Å². The number of nitrogens with one attached hydrogen (secondary N) is 1. The molecule has 8 nitrogen and oxygen atoms in total. The normalized spacial score (nSPS) is 11.7. The van der Waals surface area contributed by atoms with Gasteiger partial charge in [-0.05, 0) is 37.5 Å². The van der Waals surface area contributed by atoms with Gasteiger partial charge < -0.3 is 20.6 Å². The Balaban J connectivity index is 1.55. The van der Waals surface area contributed by atoms with E-state index in [1.807, 2.05) is 25.1 Å². The molecule has 0 spiro atoms. The zero-order valence-electron chi connectivity index (χ0n) is 17.9. The van der Waals surface area contributed by atoms with Gasteiger partial charge in [-0.25, -0.2) is 4.68 Å². The van der Waals surface area contributed by atoms with E-state index in [0.717, 1.165) is 12.8 Å². The second-order valence-corrected chi connectivity index (χ2v) is 7.97. The molecule has 1 aromatic heterocycles. The number of aromatic nitrogens is 3. The SMILES string of the molecule is COc1ccc(-c2nnc(SCC(=O)N[C@@H](C)CCc3ccccc3)n2N)c(OC)c1. The molecule has 1 amide bonds. The number of hydrogen-bond donors (Lipinski definition) is 2. The smallest absolute Gasteiger partial charge is 0.230 e. The summed E-state index contributed by atoms with van der Waals surface area (Å²) in [6.45, 7) is 2.00. The molecule has 0 aliphatic carbocycles. The minimum absolute atomic E-state index is 0.0721. The molecule has 9 heteroatoms. The number of aryl methyl sites for hydroxylation is 1.